The van der Waals surface area contributed by atoms with Gasteiger partial charge in [0.1, 0.15) is 0 Å². The Kier molecular flexibility index (Phi) is 5.96. The molecule has 4 aliphatic carbocycles. The quantitative estimate of drug-likeness (QED) is 0.473. The van der Waals surface area contributed by atoms with E-state index in [4.69, 9.17) is 0 Å². The van der Waals surface area contributed by atoms with Gasteiger partial charge in [-0.25, -0.2) is 0 Å². The van der Waals surface area contributed by atoms with E-state index >= 15 is 0 Å². The van der Waals surface area contributed by atoms with E-state index in [1.54, 1.807) is 11.1 Å². The van der Waals surface area contributed by atoms with Gasteiger partial charge in [-0.1, -0.05) is 48.5 Å². The molecule has 3 saturated carbocycles. The van der Waals surface area contributed by atoms with E-state index in [2.05, 4.69) is 31.7 Å². The van der Waals surface area contributed by atoms with Gasteiger partial charge < -0.3 is 10.2 Å². The number of rotatable bonds is 6. The van der Waals surface area contributed by atoms with Crippen LogP contribution in [0, 0.1) is 16.7 Å². The lowest BCUT2D eigenvalue weighted by atomic mass is 9.61. The van der Waals surface area contributed by atoms with Crippen LogP contribution in [0.25, 0.3) is 0 Å². The molecule has 30 heavy (non-hydrogen) atoms. The maximum atomic E-state index is 10.1. The fourth-order valence-corrected chi connectivity index (χ4v) is 6.70. The van der Waals surface area contributed by atoms with Crippen LogP contribution in [0.5, 0.6) is 0 Å². The van der Waals surface area contributed by atoms with E-state index < -0.39 is 5.60 Å². The molecule has 2 nitrogen and oxygen atoms in total. The Bertz CT molecular complexity index is 771. The monoisotopic (exact) mass is 410 g/mol. The molecule has 166 valence electrons. The molecule has 4 rings (SSSR count). The highest BCUT2D eigenvalue weighted by Gasteiger charge is 2.56. The Morgan fingerprint density at radius 1 is 1.20 bits per heavy atom. The second kappa shape index (κ2) is 8.10. The molecule has 2 heteroatoms. The minimum absolute atomic E-state index is 0.199. The first-order valence-electron chi connectivity index (χ1n) is 12.3. The molecule has 0 aromatic heterocycles. The van der Waals surface area contributed by atoms with Crippen LogP contribution in [0.15, 0.2) is 47.1 Å². The van der Waals surface area contributed by atoms with Crippen molar-refractivity contribution >= 4 is 0 Å². The number of hydrogen-bond acceptors (Lipinski definition) is 2. The molecular weight excluding hydrogens is 368 g/mol. The van der Waals surface area contributed by atoms with Crippen molar-refractivity contribution in [2.75, 3.05) is 0 Å². The van der Waals surface area contributed by atoms with Crippen molar-refractivity contribution in [3.63, 3.8) is 0 Å². The molecular formula is C28H42O2. The molecule has 0 saturated heterocycles. The Balaban J connectivity index is 1.49. The third-order valence-electron chi connectivity index (χ3n) is 8.61. The lowest BCUT2D eigenvalue weighted by molar-refractivity contribution is 0.0664. The summed E-state index contributed by atoms with van der Waals surface area (Å²) < 4.78 is 0. The van der Waals surface area contributed by atoms with Gasteiger partial charge in [-0.05, 0) is 113 Å². The van der Waals surface area contributed by atoms with E-state index in [1.165, 1.54) is 56.1 Å². The summed E-state index contributed by atoms with van der Waals surface area (Å²) >= 11 is 0. The van der Waals surface area contributed by atoms with Crippen LogP contribution in [0.4, 0.5) is 0 Å². The van der Waals surface area contributed by atoms with Crippen LogP contribution >= 0.6 is 0 Å². The van der Waals surface area contributed by atoms with Gasteiger partial charge in [-0.3, -0.25) is 0 Å². The highest BCUT2D eigenvalue weighted by Crippen LogP contribution is 2.67. The third-order valence-corrected chi connectivity index (χ3v) is 8.61. The number of aliphatic hydroxyl groups excluding tert-OH is 1. The minimum Gasteiger partial charge on any atom is -0.393 e. The number of aliphatic hydroxyl groups is 2. The molecule has 2 N–H and O–H groups in total. The molecule has 0 unspecified atom stereocenters. The number of fused-ring (bicyclic) bond motifs is 1. The van der Waals surface area contributed by atoms with E-state index in [0.29, 0.717) is 16.7 Å². The van der Waals surface area contributed by atoms with Crippen LogP contribution in [0.3, 0.4) is 0 Å². The average Bonchev–Trinajstić information content (AvgIpc) is 3.34. The zero-order valence-corrected chi connectivity index (χ0v) is 19.5. The lowest BCUT2D eigenvalue weighted by Gasteiger charge is -2.43. The fraction of sp³-hybridized carbons (Fsp3) is 0.714. The Labute approximate surface area is 183 Å². The van der Waals surface area contributed by atoms with Gasteiger partial charge in [-0.2, -0.15) is 0 Å². The summed E-state index contributed by atoms with van der Waals surface area (Å²) in [5, 5.41) is 20.2. The van der Waals surface area contributed by atoms with Crippen LogP contribution < -0.4 is 0 Å². The van der Waals surface area contributed by atoms with Crippen molar-refractivity contribution in [2.24, 2.45) is 16.7 Å². The van der Waals surface area contributed by atoms with Crippen molar-refractivity contribution in [3.05, 3.63) is 47.1 Å². The molecule has 0 heterocycles. The minimum atomic E-state index is -0.544. The van der Waals surface area contributed by atoms with E-state index in [-0.39, 0.29) is 6.10 Å². The van der Waals surface area contributed by atoms with Crippen LogP contribution in [-0.4, -0.2) is 21.9 Å². The van der Waals surface area contributed by atoms with Gasteiger partial charge >= 0.3 is 0 Å². The van der Waals surface area contributed by atoms with Gasteiger partial charge in [0.25, 0.3) is 0 Å². The SMILES string of the molecule is C=C1CC[C@H](O)C/C1=C/C=C1\CCC[C@]2(C)C(C3(CCCC(C)(C)O)CC3)=CC[C@@H]12. The summed E-state index contributed by atoms with van der Waals surface area (Å²) in [6.07, 6.45) is 20.6. The first-order valence-corrected chi connectivity index (χ1v) is 12.3. The summed E-state index contributed by atoms with van der Waals surface area (Å²) in [5.74, 6) is 0.645. The molecule has 0 aliphatic heterocycles. The molecule has 0 aromatic rings. The second-order valence-corrected chi connectivity index (χ2v) is 11.6. The number of hydrogen-bond donors (Lipinski definition) is 2. The predicted molar refractivity (Wildman–Crippen MR) is 125 cm³/mol. The maximum Gasteiger partial charge on any atom is 0.0591 e. The van der Waals surface area contributed by atoms with Crippen molar-refractivity contribution in [3.8, 4) is 0 Å². The first-order chi connectivity index (χ1) is 14.1. The molecule has 3 fully saturated rings. The normalized spacial score (nSPS) is 36.2. The molecule has 3 atom stereocenters. The van der Waals surface area contributed by atoms with E-state index in [1.807, 2.05) is 13.8 Å². The molecule has 0 aromatic carbocycles. The van der Waals surface area contributed by atoms with Crippen LogP contribution in [0.1, 0.15) is 97.8 Å². The lowest BCUT2D eigenvalue weighted by Crippen LogP contribution is -2.33. The van der Waals surface area contributed by atoms with Crippen LogP contribution in [-0.2, 0) is 0 Å². The smallest absolute Gasteiger partial charge is 0.0591 e. The second-order valence-electron chi connectivity index (χ2n) is 11.6. The third kappa shape index (κ3) is 4.41. The predicted octanol–water partition coefficient (Wildman–Crippen LogP) is 6.80. The number of allylic oxidation sites excluding steroid dienone is 6. The van der Waals surface area contributed by atoms with Crippen LogP contribution in [0.2, 0.25) is 0 Å². The van der Waals surface area contributed by atoms with Crippen molar-refractivity contribution in [1.82, 2.24) is 0 Å². The van der Waals surface area contributed by atoms with Gasteiger partial charge in [0.2, 0.25) is 0 Å². The topological polar surface area (TPSA) is 40.5 Å². The van der Waals surface area contributed by atoms with Crippen molar-refractivity contribution in [1.29, 1.82) is 0 Å². The zero-order chi connectivity index (χ0) is 21.6. The summed E-state index contributed by atoms with van der Waals surface area (Å²) in [6.45, 7) is 10.6. The van der Waals surface area contributed by atoms with Gasteiger partial charge in [-0.15, -0.1) is 0 Å². The molecule has 0 spiro atoms. The maximum absolute atomic E-state index is 10.1. The van der Waals surface area contributed by atoms with Gasteiger partial charge in [0.05, 0.1) is 11.7 Å². The molecule has 0 radical (unpaired) electrons. The van der Waals surface area contributed by atoms with Crippen molar-refractivity contribution in [2.45, 2.75) is 110 Å². The Morgan fingerprint density at radius 2 is 1.97 bits per heavy atom. The van der Waals surface area contributed by atoms with E-state index in [0.717, 1.165) is 32.1 Å². The summed E-state index contributed by atoms with van der Waals surface area (Å²) in [6, 6.07) is 0. The first kappa shape index (κ1) is 22.1. The Morgan fingerprint density at radius 3 is 2.67 bits per heavy atom. The van der Waals surface area contributed by atoms with Gasteiger partial charge in [0.15, 0.2) is 0 Å². The summed E-state index contributed by atoms with van der Waals surface area (Å²) in [7, 11) is 0. The largest absolute Gasteiger partial charge is 0.393 e. The summed E-state index contributed by atoms with van der Waals surface area (Å²) in [4.78, 5) is 0. The van der Waals surface area contributed by atoms with E-state index in [9.17, 15) is 10.2 Å². The summed E-state index contributed by atoms with van der Waals surface area (Å²) in [5.41, 5.74) is 6.04. The zero-order valence-electron chi connectivity index (χ0n) is 19.5. The highest BCUT2D eigenvalue weighted by molar-refractivity contribution is 5.41. The average molecular weight is 411 g/mol. The molecule has 0 bridgehead atoms. The van der Waals surface area contributed by atoms with Gasteiger partial charge in [0, 0.05) is 0 Å². The fourth-order valence-electron chi connectivity index (χ4n) is 6.70. The molecule has 4 aliphatic rings. The Hall–Kier alpha value is -1.12. The van der Waals surface area contributed by atoms with Crippen molar-refractivity contribution < 1.29 is 10.2 Å². The molecule has 0 amide bonds. The standard InChI is InChI=1S/C28H42O2/c1-20-8-11-23(29)19-22(20)10-9-21-7-5-15-27(4)24(21)12-13-25(27)28(17-18-28)16-6-14-26(2,3)30/h9-10,13,23-24,29-30H,1,5-8,11-12,14-19H2,2-4H3/b21-9+,22-10-/t23-,24-,27-/m0/s1. The highest BCUT2D eigenvalue weighted by atomic mass is 16.3.